The number of hydrogen-bond acceptors (Lipinski definition) is 5. The number of pyridine rings is 1. The van der Waals surface area contributed by atoms with Gasteiger partial charge in [0.2, 0.25) is 0 Å². The zero-order chi connectivity index (χ0) is 15.8. The lowest BCUT2D eigenvalue weighted by molar-refractivity contribution is 0.245. The van der Waals surface area contributed by atoms with Gasteiger partial charge in [0.25, 0.3) is 0 Å². The molecule has 0 amide bonds. The lowest BCUT2D eigenvalue weighted by Gasteiger charge is -2.21. The van der Waals surface area contributed by atoms with Gasteiger partial charge in [0, 0.05) is 57.2 Å². The van der Waals surface area contributed by atoms with E-state index in [1.165, 1.54) is 37.3 Å². The molecule has 5 heteroatoms. The van der Waals surface area contributed by atoms with E-state index >= 15 is 0 Å². The van der Waals surface area contributed by atoms with Gasteiger partial charge in [-0.1, -0.05) is 11.2 Å². The van der Waals surface area contributed by atoms with Gasteiger partial charge in [0.05, 0.1) is 5.69 Å². The molecule has 2 unspecified atom stereocenters. The highest BCUT2D eigenvalue weighted by Gasteiger charge is 2.40. The second kappa shape index (κ2) is 6.06. The van der Waals surface area contributed by atoms with Crippen LogP contribution in [0.2, 0.25) is 0 Å². The largest absolute Gasteiger partial charge is 0.361 e. The second-order valence-corrected chi connectivity index (χ2v) is 7.07. The van der Waals surface area contributed by atoms with E-state index < -0.39 is 0 Å². The Morgan fingerprint density at radius 3 is 2.35 bits per heavy atom. The molecule has 0 aromatic carbocycles. The Morgan fingerprint density at radius 2 is 1.78 bits per heavy atom. The van der Waals surface area contributed by atoms with Crippen molar-refractivity contribution in [2.45, 2.75) is 26.9 Å². The van der Waals surface area contributed by atoms with Crippen molar-refractivity contribution in [3.05, 3.63) is 47.1 Å². The molecule has 2 aliphatic rings. The van der Waals surface area contributed by atoms with Gasteiger partial charge in [-0.15, -0.1) is 0 Å². The third kappa shape index (κ3) is 3.03. The van der Waals surface area contributed by atoms with Crippen LogP contribution in [-0.4, -0.2) is 46.1 Å². The molecule has 0 aliphatic carbocycles. The molecular weight excluding hydrogens is 288 g/mol. The lowest BCUT2D eigenvalue weighted by Crippen LogP contribution is -2.28. The molecule has 122 valence electrons. The van der Waals surface area contributed by atoms with Crippen molar-refractivity contribution in [3.63, 3.8) is 0 Å². The summed E-state index contributed by atoms with van der Waals surface area (Å²) in [6, 6.07) is 4.20. The molecule has 0 bridgehead atoms. The molecule has 4 rings (SSSR count). The van der Waals surface area contributed by atoms with E-state index in [0.29, 0.717) is 0 Å². The highest BCUT2D eigenvalue weighted by Crippen LogP contribution is 2.33. The van der Waals surface area contributed by atoms with Crippen molar-refractivity contribution in [1.29, 1.82) is 0 Å². The van der Waals surface area contributed by atoms with E-state index in [-0.39, 0.29) is 0 Å². The maximum Gasteiger partial charge on any atom is 0.138 e. The van der Waals surface area contributed by atoms with Crippen LogP contribution >= 0.6 is 0 Å². The van der Waals surface area contributed by atoms with Gasteiger partial charge in [-0.3, -0.25) is 14.8 Å². The highest BCUT2D eigenvalue weighted by molar-refractivity contribution is 5.21. The summed E-state index contributed by atoms with van der Waals surface area (Å²) in [7, 11) is 0. The van der Waals surface area contributed by atoms with Gasteiger partial charge in [0.1, 0.15) is 5.76 Å². The molecule has 2 aromatic rings. The summed E-state index contributed by atoms with van der Waals surface area (Å²) in [6.45, 7) is 10.9. The summed E-state index contributed by atoms with van der Waals surface area (Å²) in [6.07, 6.45) is 3.83. The number of fused-ring (bicyclic) bond motifs is 1. The van der Waals surface area contributed by atoms with Crippen LogP contribution in [-0.2, 0) is 13.1 Å². The van der Waals surface area contributed by atoms with Crippen molar-refractivity contribution in [2.75, 3.05) is 26.2 Å². The monoisotopic (exact) mass is 312 g/mol. The van der Waals surface area contributed by atoms with Gasteiger partial charge >= 0.3 is 0 Å². The van der Waals surface area contributed by atoms with E-state index in [2.05, 4.69) is 26.0 Å². The number of rotatable bonds is 4. The topological polar surface area (TPSA) is 45.4 Å². The van der Waals surface area contributed by atoms with E-state index in [0.717, 1.165) is 36.4 Å². The van der Waals surface area contributed by atoms with Crippen molar-refractivity contribution in [2.24, 2.45) is 11.8 Å². The lowest BCUT2D eigenvalue weighted by atomic mass is 10.0. The first-order chi connectivity index (χ1) is 11.2. The fourth-order valence-corrected chi connectivity index (χ4v) is 4.15. The Balaban J connectivity index is 1.33. The van der Waals surface area contributed by atoms with E-state index in [1.54, 1.807) is 0 Å². The molecular formula is C18H24N4O. The summed E-state index contributed by atoms with van der Waals surface area (Å²) in [4.78, 5) is 9.38. The van der Waals surface area contributed by atoms with Crippen molar-refractivity contribution in [3.8, 4) is 0 Å². The molecule has 2 atom stereocenters. The average molecular weight is 312 g/mol. The fraction of sp³-hybridized carbons (Fsp3) is 0.556. The van der Waals surface area contributed by atoms with Crippen LogP contribution in [0.3, 0.4) is 0 Å². The van der Waals surface area contributed by atoms with E-state index in [9.17, 15) is 0 Å². The van der Waals surface area contributed by atoms with Gasteiger partial charge in [-0.05, 0) is 37.3 Å². The van der Waals surface area contributed by atoms with Crippen LogP contribution in [0.1, 0.15) is 22.6 Å². The predicted octanol–water partition coefficient (Wildman–Crippen LogP) is 2.25. The quantitative estimate of drug-likeness (QED) is 0.866. The Hall–Kier alpha value is -1.72. The first kappa shape index (κ1) is 14.8. The third-order valence-corrected chi connectivity index (χ3v) is 5.33. The van der Waals surface area contributed by atoms with Gasteiger partial charge in [-0.25, -0.2) is 0 Å². The third-order valence-electron chi connectivity index (χ3n) is 5.33. The molecule has 0 saturated carbocycles. The SMILES string of the molecule is Cc1noc(C)c1CN1CC2CN(Cc3cccnc3)CC2C1. The number of likely N-dealkylation sites (tertiary alicyclic amines) is 2. The summed E-state index contributed by atoms with van der Waals surface area (Å²) >= 11 is 0. The smallest absolute Gasteiger partial charge is 0.138 e. The average Bonchev–Trinajstić information content (AvgIpc) is 3.17. The minimum atomic E-state index is 0.798. The standard InChI is InChI=1S/C18H24N4O/c1-13-18(14(2)23-20-13)12-22-10-16-8-21(9-17(16)11-22)7-15-4-3-5-19-6-15/h3-6,16-17H,7-12H2,1-2H3. The first-order valence-corrected chi connectivity index (χ1v) is 8.44. The molecule has 4 heterocycles. The molecule has 2 aliphatic heterocycles. The number of aromatic nitrogens is 2. The Morgan fingerprint density at radius 1 is 1.09 bits per heavy atom. The Labute approximate surface area is 137 Å². The second-order valence-electron chi connectivity index (χ2n) is 7.07. The van der Waals surface area contributed by atoms with Gasteiger partial charge in [0.15, 0.2) is 0 Å². The summed E-state index contributed by atoms with van der Waals surface area (Å²) in [5.41, 5.74) is 3.63. The van der Waals surface area contributed by atoms with Crippen LogP contribution < -0.4 is 0 Å². The fourth-order valence-electron chi connectivity index (χ4n) is 4.15. The van der Waals surface area contributed by atoms with Crippen LogP contribution in [0.4, 0.5) is 0 Å². The molecule has 2 aromatic heterocycles. The van der Waals surface area contributed by atoms with Crippen LogP contribution in [0.5, 0.6) is 0 Å². The van der Waals surface area contributed by atoms with Crippen LogP contribution in [0.15, 0.2) is 29.0 Å². The first-order valence-electron chi connectivity index (χ1n) is 8.44. The molecule has 23 heavy (non-hydrogen) atoms. The molecule has 5 nitrogen and oxygen atoms in total. The van der Waals surface area contributed by atoms with Gasteiger partial charge in [-0.2, -0.15) is 0 Å². The van der Waals surface area contributed by atoms with Crippen molar-refractivity contribution in [1.82, 2.24) is 19.9 Å². The van der Waals surface area contributed by atoms with Crippen molar-refractivity contribution < 1.29 is 4.52 Å². The molecule has 0 radical (unpaired) electrons. The van der Waals surface area contributed by atoms with Crippen LogP contribution in [0, 0.1) is 25.7 Å². The maximum atomic E-state index is 5.29. The Bertz CT molecular complexity index is 635. The molecule has 0 spiro atoms. The minimum absolute atomic E-state index is 0.798. The minimum Gasteiger partial charge on any atom is -0.361 e. The maximum absolute atomic E-state index is 5.29. The molecule has 2 fully saturated rings. The molecule has 2 saturated heterocycles. The van der Waals surface area contributed by atoms with Crippen LogP contribution in [0.25, 0.3) is 0 Å². The summed E-state index contributed by atoms with van der Waals surface area (Å²) < 4.78 is 5.29. The Kier molecular flexibility index (Phi) is 3.91. The number of aryl methyl sites for hydroxylation is 2. The summed E-state index contributed by atoms with van der Waals surface area (Å²) in [5.74, 6) is 2.57. The number of hydrogen-bond donors (Lipinski definition) is 0. The highest BCUT2D eigenvalue weighted by atomic mass is 16.5. The normalized spacial score (nSPS) is 25.1. The predicted molar refractivity (Wildman–Crippen MR) is 87.7 cm³/mol. The van der Waals surface area contributed by atoms with Gasteiger partial charge < -0.3 is 4.52 Å². The molecule has 0 N–H and O–H groups in total. The number of nitrogens with zero attached hydrogens (tertiary/aromatic N) is 4. The van der Waals surface area contributed by atoms with Crippen molar-refractivity contribution >= 4 is 0 Å². The summed E-state index contributed by atoms with van der Waals surface area (Å²) in [5, 5.41) is 4.07. The zero-order valence-corrected chi connectivity index (χ0v) is 13.9. The zero-order valence-electron chi connectivity index (χ0n) is 13.9. The van der Waals surface area contributed by atoms with E-state index in [4.69, 9.17) is 4.52 Å². The van der Waals surface area contributed by atoms with E-state index in [1.807, 2.05) is 32.3 Å².